The Morgan fingerprint density at radius 2 is 2.16 bits per heavy atom. The fraction of sp³-hybridized carbons (Fsp3) is 0.231. The van der Waals surface area contributed by atoms with Gasteiger partial charge in [-0.15, -0.1) is 11.3 Å². The topological polar surface area (TPSA) is 21.3 Å². The molecule has 0 radical (unpaired) electrons. The van der Waals surface area contributed by atoms with E-state index in [1.165, 1.54) is 15.8 Å². The molecule has 0 aliphatic rings. The molecule has 0 atom stereocenters. The standard InChI is InChI=1S/C13H12BrF2NOS/c1-8-12(14)6-11(19-8)7-17-9-3-2-4-10(5-9)18-13(15)16/h2-6,13,17H,7H2,1H3. The van der Waals surface area contributed by atoms with Crippen LogP contribution in [0.25, 0.3) is 0 Å². The second-order valence-electron chi connectivity index (χ2n) is 3.88. The largest absolute Gasteiger partial charge is 0.435 e. The van der Waals surface area contributed by atoms with Gasteiger partial charge in [-0.3, -0.25) is 0 Å². The minimum Gasteiger partial charge on any atom is -0.435 e. The van der Waals surface area contributed by atoms with Gasteiger partial charge >= 0.3 is 6.61 Å². The number of anilines is 1. The lowest BCUT2D eigenvalue weighted by atomic mass is 10.3. The summed E-state index contributed by atoms with van der Waals surface area (Å²) in [5, 5.41) is 3.18. The smallest absolute Gasteiger partial charge is 0.387 e. The van der Waals surface area contributed by atoms with E-state index in [4.69, 9.17) is 0 Å². The van der Waals surface area contributed by atoms with Crippen LogP contribution < -0.4 is 10.1 Å². The summed E-state index contributed by atoms with van der Waals surface area (Å²) in [5.74, 6) is 0.156. The quantitative estimate of drug-likeness (QED) is 0.818. The van der Waals surface area contributed by atoms with Gasteiger partial charge in [0.1, 0.15) is 5.75 Å². The van der Waals surface area contributed by atoms with Gasteiger partial charge in [-0.25, -0.2) is 0 Å². The zero-order chi connectivity index (χ0) is 13.8. The molecule has 1 aromatic carbocycles. The molecule has 2 aromatic rings. The molecule has 0 aliphatic carbocycles. The molecule has 19 heavy (non-hydrogen) atoms. The molecule has 102 valence electrons. The van der Waals surface area contributed by atoms with Gasteiger partial charge in [0.25, 0.3) is 0 Å². The molecule has 1 aromatic heterocycles. The van der Waals surface area contributed by atoms with Crippen LogP contribution in [0, 0.1) is 6.92 Å². The Balaban J connectivity index is 1.99. The van der Waals surface area contributed by atoms with E-state index >= 15 is 0 Å². The number of hydrogen-bond donors (Lipinski definition) is 1. The maximum atomic E-state index is 12.1. The van der Waals surface area contributed by atoms with E-state index in [2.05, 4.69) is 26.0 Å². The predicted octanol–water partition coefficient (Wildman–Crippen LogP) is 5.03. The van der Waals surface area contributed by atoms with Crippen LogP contribution in [0.2, 0.25) is 0 Å². The zero-order valence-electron chi connectivity index (χ0n) is 10.1. The maximum Gasteiger partial charge on any atom is 0.387 e. The van der Waals surface area contributed by atoms with Crippen molar-refractivity contribution in [1.82, 2.24) is 0 Å². The first kappa shape index (κ1) is 14.3. The van der Waals surface area contributed by atoms with E-state index in [0.29, 0.717) is 6.54 Å². The number of benzene rings is 1. The number of hydrogen-bond acceptors (Lipinski definition) is 3. The van der Waals surface area contributed by atoms with Crippen LogP contribution in [-0.2, 0) is 6.54 Å². The molecule has 0 bridgehead atoms. The fourth-order valence-corrected chi connectivity index (χ4v) is 3.12. The van der Waals surface area contributed by atoms with Crippen molar-refractivity contribution in [3.05, 3.63) is 44.6 Å². The molecule has 6 heteroatoms. The monoisotopic (exact) mass is 347 g/mol. The van der Waals surface area contributed by atoms with Crippen molar-refractivity contribution in [1.29, 1.82) is 0 Å². The number of thiophene rings is 1. The van der Waals surface area contributed by atoms with E-state index in [1.807, 2.05) is 19.1 Å². The summed E-state index contributed by atoms with van der Waals surface area (Å²) in [5.41, 5.74) is 0.750. The highest BCUT2D eigenvalue weighted by Crippen LogP contribution is 2.27. The van der Waals surface area contributed by atoms with Crippen LogP contribution in [0.15, 0.2) is 34.8 Å². The van der Waals surface area contributed by atoms with E-state index in [0.717, 1.165) is 10.2 Å². The second-order valence-corrected chi connectivity index (χ2v) is 6.07. The number of halogens is 3. The SMILES string of the molecule is Cc1sc(CNc2cccc(OC(F)F)c2)cc1Br. The number of rotatable bonds is 5. The molecule has 2 nitrogen and oxygen atoms in total. The molecule has 0 saturated carbocycles. The molecule has 1 N–H and O–H groups in total. The van der Waals surface area contributed by atoms with E-state index < -0.39 is 6.61 Å². The number of ether oxygens (including phenoxy) is 1. The van der Waals surface area contributed by atoms with Gasteiger partial charge in [0.05, 0.1) is 0 Å². The van der Waals surface area contributed by atoms with E-state index in [-0.39, 0.29) is 5.75 Å². The Bertz CT molecular complexity index is 540. The van der Waals surface area contributed by atoms with Crippen molar-refractivity contribution in [3.8, 4) is 5.75 Å². The molecule has 1 heterocycles. The summed E-state index contributed by atoms with van der Waals surface area (Å²) in [6, 6.07) is 8.60. The van der Waals surface area contributed by atoms with Crippen LogP contribution in [-0.4, -0.2) is 6.61 Å². The summed E-state index contributed by atoms with van der Waals surface area (Å²) in [7, 11) is 0. The summed E-state index contributed by atoms with van der Waals surface area (Å²) in [6.07, 6.45) is 0. The van der Waals surface area contributed by atoms with Crippen LogP contribution >= 0.6 is 27.3 Å². The van der Waals surface area contributed by atoms with Crippen molar-refractivity contribution in [2.45, 2.75) is 20.1 Å². The minimum atomic E-state index is -2.80. The van der Waals surface area contributed by atoms with Crippen molar-refractivity contribution in [3.63, 3.8) is 0 Å². The lowest BCUT2D eigenvalue weighted by molar-refractivity contribution is -0.0498. The van der Waals surface area contributed by atoms with Gasteiger partial charge in [0.2, 0.25) is 0 Å². The number of nitrogens with one attached hydrogen (secondary N) is 1. The average Bonchev–Trinajstić information content (AvgIpc) is 2.66. The van der Waals surface area contributed by atoms with Crippen molar-refractivity contribution in [2.75, 3.05) is 5.32 Å². The Kier molecular flexibility index (Phi) is 4.76. The van der Waals surface area contributed by atoms with Gasteiger partial charge in [-0.1, -0.05) is 6.07 Å². The van der Waals surface area contributed by atoms with Crippen molar-refractivity contribution < 1.29 is 13.5 Å². The molecule has 0 spiro atoms. The third-order valence-electron chi connectivity index (χ3n) is 2.43. The molecule has 0 saturated heterocycles. The third-order valence-corrected chi connectivity index (χ3v) is 4.57. The Morgan fingerprint density at radius 1 is 1.37 bits per heavy atom. The molecular formula is C13H12BrF2NOS. The normalized spacial score (nSPS) is 10.8. The van der Waals surface area contributed by atoms with Gasteiger partial charge < -0.3 is 10.1 Å². The first-order chi connectivity index (χ1) is 9.04. The summed E-state index contributed by atoms with van der Waals surface area (Å²) in [4.78, 5) is 2.39. The lowest BCUT2D eigenvalue weighted by Crippen LogP contribution is -2.03. The Hall–Kier alpha value is -1.14. The third kappa shape index (κ3) is 4.18. The van der Waals surface area contributed by atoms with E-state index in [1.54, 1.807) is 23.5 Å². The van der Waals surface area contributed by atoms with Crippen LogP contribution in [0.3, 0.4) is 0 Å². The molecule has 0 unspecified atom stereocenters. The highest BCUT2D eigenvalue weighted by molar-refractivity contribution is 9.10. The minimum absolute atomic E-state index is 0.156. The van der Waals surface area contributed by atoms with Gasteiger partial charge in [-0.05, 0) is 41.1 Å². The van der Waals surface area contributed by atoms with Crippen LogP contribution in [0.4, 0.5) is 14.5 Å². The summed E-state index contributed by atoms with van der Waals surface area (Å²) >= 11 is 5.15. The second kappa shape index (κ2) is 6.34. The summed E-state index contributed by atoms with van der Waals surface area (Å²) < 4.78 is 29.6. The molecule has 2 rings (SSSR count). The number of alkyl halides is 2. The molecule has 0 amide bonds. The predicted molar refractivity (Wildman–Crippen MR) is 77.2 cm³/mol. The Labute approximate surface area is 122 Å². The maximum absolute atomic E-state index is 12.1. The fourth-order valence-electron chi connectivity index (χ4n) is 1.58. The molecule has 0 fully saturated rings. The van der Waals surface area contributed by atoms with Gasteiger partial charge in [-0.2, -0.15) is 8.78 Å². The zero-order valence-corrected chi connectivity index (χ0v) is 12.5. The Morgan fingerprint density at radius 3 is 2.79 bits per heavy atom. The first-order valence-corrected chi connectivity index (χ1v) is 7.19. The molecular weight excluding hydrogens is 336 g/mol. The highest BCUT2D eigenvalue weighted by atomic mass is 79.9. The van der Waals surface area contributed by atoms with Crippen molar-refractivity contribution >= 4 is 33.0 Å². The van der Waals surface area contributed by atoms with Gasteiger partial charge in [0.15, 0.2) is 0 Å². The average molecular weight is 348 g/mol. The van der Waals surface area contributed by atoms with E-state index in [9.17, 15) is 8.78 Å². The lowest BCUT2D eigenvalue weighted by Gasteiger charge is -2.08. The summed E-state index contributed by atoms with van der Waals surface area (Å²) in [6.45, 7) is -0.115. The van der Waals surface area contributed by atoms with Gasteiger partial charge in [0, 0.05) is 32.5 Å². The van der Waals surface area contributed by atoms with Crippen molar-refractivity contribution in [2.24, 2.45) is 0 Å². The first-order valence-electron chi connectivity index (χ1n) is 5.58. The molecule has 0 aliphatic heterocycles. The van der Waals surface area contributed by atoms with Crippen LogP contribution in [0.5, 0.6) is 5.75 Å². The number of aryl methyl sites for hydroxylation is 1. The highest BCUT2D eigenvalue weighted by Gasteiger charge is 2.05. The van der Waals surface area contributed by atoms with Crippen LogP contribution in [0.1, 0.15) is 9.75 Å².